The Balaban J connectivity index is 2.72. The van der Waals surface area contributed by atoms with Crippen LogP contribution in [0.4, 0.5) is 13.2 Å². The first kappa shape index (κ1) is 16.0. The van der Waals surface area contributed by atoms with E-state index >= 15 is 0 Å². The predicted molar refractivity (Wildman–Crippen MR) is 63.2 cm³/mol. The SMILES string of the molecule is COC(C)(C)CCOc1cc(C(F)(F)F)nc(Cl)n1. The molecule has 0 aliphatic rings. The Bertz CT molecular complexity index is 438. The third kappa shape index (κ3) is 5.20. The Hall–Kier alpha value is -1.08. The molecule has 0 N–H and O–H groups in total. The maximum absolute atomic E-state index is 12.5. The van der Waals surface area contributed by atoms with Gasteiger partial charge in [0.05, 0.1) is 12.2 Å². The highest BCUT2D eigenvalue weighted by Crippen LogP contribution is 2.30. The zero-order valence-electron chi connectivity index (χ0n) is 10.7. The summed E-state index contributed by atoms with van der Waals surface area (Å²) >= 11 is 5.43. The van der Waals surface area contributed by atoms with Crippen LogP contribution in [0.1, 0.15) is 26.0 Å². The van der Waals surface area contributed by atoms with Crippen molar-refractivity contribution in [2.24, 2.45) is 0 Å². The molecule has 1 aromatic rings. The lowest BCUT2D eigenvalue weighted by molar-refractivity contribution is -0.141. The maximum atomic E-state index is 12.5. The van der Waals surface area contributed by atoms with Gasteiger partial charge >= 0.3 is 6.18 Å². The first-order valence-corrected chi connectivity index (χ1v) is 5.81. The molecule has 8 heteroatoms. The fourth-order valence-corrected chi connectivity index (χ4v) is 1.29. The zero-order valence-corrected chi connectivity index (χ0v) is 11.5. The number of aromatic nitrogens is 2. The molecule has 0 aliphatic heterocycles. The smallest absolute Gasteiger partial charge is 0.433 e. The summed E-state index contributed by atoms with van der Waals surface area (Å²) in [4.78, 5) is 6.69. The van der Waals surface area contributed by atoms with Crippen LogP contribution in [0.25, 0.3) is 0 Å². The molecule has 0 fully saturated rings. The lowest BCUT2D eigenvalue weighted by Crippen LogP contribution is -2.25. The molecular formula is C11H14ClF3N2O2. The Kier molecular flexibility index (Phi) is 4.98. The van der Waals surface area contributed by atoms with Crippen molar-refractivity contribution in [3.05, 3.63) is 17.0 Å². The van der Waals surface area contributed by atoms with Crippen molar-refractivity contribution in [2.75, 3.05) is 13.7 Å². The van der Waals surface area contributed by atoms with Crippen LogP contribution in [-0.4, -0.2) is 29.3 Å². The number of alkyl halides is 3. The highest BCUT2D eigenvalue weighted by atomic mass is 35.5. The third-order valence-corrected chi connectivity index (χ3v) is 2.64. The first-order chi connectivity index (χ1) is 8.64. The summed E-state index contributed by atoms with van der Waals surface area (Å²) in [5.41, 5.74) is -1.56. The molecule has 0 amide bonds. The van der Waals surface area contributed by atoms with E-state index in [0.717, 1.165) is 0 Å². The molecule has 0 unspecified atom stereocenters. The summed E-state index contributed by atoms with van der Waals surface area (Å²) in [5, 5.41) is -0.504. The minimum absolute atomic E-state index is 0.158. The number of hydrogen-bond donors (Lipinski definition) is 0. The summed E-state index contributed by atoms with van der Waals surface area (Å²) < 4.78 is 47.8. The van der Waals surface area contributed by atoms with Crippen molar-refractivity contribution < 1.29 is 22.6 Å². The normalized spacial score (nSPS) is 12.6. The van der Waals surface area contributed by atoms with Gasteiger partial charge in [-0.2, -0.15) is 18.2 Å². The van der Waals surface area contributed by atoms with E-state index in [1.165, 1.54) is 0 Å². The van der Waals surface area contributed by atoms with Crippen molar-refractivity contribution in [1.29, 1.82) is 0 Å². The van der Waals surface area contributed by atoms with E-state index < -0.39 is 22.8 Å². The first-order valence-electron chi connectivity index (χ1n) is 5.44. The van der Waals surface area contributed by atoms with Crippen molar-refractivity contribution in [1.82, 2.24) is 9.97 Å². The molecule has 1 heterocycles. The van der Waals surface area contributed by atoms with Gasteiger partial charge in [-0.05, 0) is 25.4 Å². The molecule has 4 nitrogen and oxygen atoms in total. The molecule has 0 radical (unpaired) electrons. The number of methoxy groups -OCH3 is 1. The van der Waals surface area contributed by atoms with Crippen LogP contribution in [0.15, 0.2) is 6.07 Å². The van der Waals surface area contributed by atoms with E-state index in [0.29, 0.717) is 12.5 Å². The number of rotatable bonds is 5. The zero-order chi connectivity index (χ0) is 14.7. The molecule has 0 saturated heterocycles. The minimum atomic E-state index is -4.59. The summed E-state index contributed by atoms with van der Waals surface area (Å²) in [6.45, 7) is 3.83. The molecular weight excluding hydrogens is 285 g/mol. The molecule has 108 valence electrons. The molecule has 0 aliphatic carbocycles. The molecule has 0 bridgehead atoms. The summed E-state index contributed by atoms with van der Waals surface area (Å²) in [7, 11) is 1.54. The van der Waals surface area contributed by atoms with Crippen molar-refractivity contribution in [3.8, 4) is 5.88 Å². The van der Waals surface area contributed by atoms with Crippen LogP contribution in [0, 0.1) is 0 Å². The van der Waals surface area contributed by atoms with Gasteiger partial charge in [-0.15, -0.1) is 0 Å². The molecule has 0 atom stereocenters. The maximum Gasteiger partial charge on any atom is 0.433 e. The van der Waals surface area contributed by atoms with E-state index in [4.69, 9.17) is 21.1 Å². The van der Waals surface area contributed by atoms with Gasteiger partial charge < -0.3 is 9.47 Å². The van der Waals surface area contributed by atoms with Gasteiger partial charge in [-0.1, -0.05) is 0 Å². The molecule has 1 rings (SSSR count). The highest BCUT2D eigenvalue weighted by molar-refractivity contribution is 6.28. The fraction of sp³-hybridized carbons (Fsp3) is 0.636. The van der Waals surface area contributed by atoms with Gasteiger partial charge in [-0.3, -0.25) is 0 Å². The summed E-state index contributed by atoms with van der Waals surface area (Å²) in [6.07, 6.45) is -4.09. The van der Waals surface area contributed by atoms with Gasteiger partial charge in [0.2, 0.25) is 11.2 Å². The van der Waals surface area contributed by atoms with E-state index in [1.54, 1.807) is 7.11 Å². The molecule has 0 spiro atoms. The second-order valence-electron chi connectivity index (χ2n) is 4.42. The fourth-order valence-electron chi connectivity index (χ4n) is 1.12. The number of hydrogen-bond acceptors (Lipinski definition) is 4. The highest BCUT2D eigenvalue weighted by Gasteiger charge is 2.34. The number of ether oxygens (including phenoxy) is 2. The summed E-state index contributed by atoms with van der Waals surface area (Å²) in [6, 6.07) is 0.714. The molecule has 0 saturated carbocycles. The second-order valence-corrected chi connectivity index (χ2v) is 4.76. The van der Waals surface area contributed by atoms with Gasteiger partial charge in [0, 0.05) is 19.6 Å². The van der Waals surface area contributed by atoms with E-state index in [1.807, 2.05) is 13.8 Å². The van der Waals surface area contributed by atoms with Gasteiger partial charge in [-0.25, -0.2) is 4.98 Å². The van der Waals surface area contributed by atoms with Gasteiger partial charge in [0.25, 0.3) is 0 Å². The van der Waals surface area contributed by atoms with E-state index in [2.05, 4.69) is 9.97 Å². The number of nitrogens with zero attached hydrogens (tertiary/aromatic N) is 2. The number of halogens is 4. The van der Waals surface area contributed by atoms with Crippen molar-refractivity contribution in [3.63, 3.8) is 0 Å². The lowest BCUT2D eigenvalue weighted by atomic mass is 10.1. The molecule has 19 heavy (non-hydrogen) atoms. The van der Waals surface area contributed by atoms with Gasteiger partial charge in [0.1, 0.15) is 0 Å². The van der Waals surface area contributed by atoms with Crippen LogP contribution >= 0.6 is 11.6 Å². The standard InChI is InChI=1S/C11H14ClF3N2O2/c1-10(2,18-3)4-5-19-8-6-7(11(13,14)15)16-9(12)17-8/h6H,4-5H2,1-3H3. The van der Waals surface area contributed by atoms with E-state index in [-0.39, 0.29) is 12.5 Å². The Morgan fingerprint density at radius 3 is 2.42 bits per heavy atom. The largest absolute Gasteiger partial charge is 0.477 e. The average molecular weight is 299 g/mol. The molecule has 0 aromatic carbocycles. The minimum Gasteiger partial charge on any atom is -0.477 e. The van der Waals surface area contributed by atoms with Crippen LogP contribution in [0.5, 0.6) is 5.88 Å². The quantitative estimate of drug-likeness (QED) is 0.782. The van der Waals surface area contributed by atoms with E-state index in [9.17, 15) is 13.2 Å². The topological polar surface area (TPSA) is 44.2 Å². The summed E-state index contributed by atoms with van der Waals surface area (Å²) in [5.74, 6) is -0.209. The van der Waals surface area contributed by atoms with Crippen molar-refractivity contribution >= 4 is 11.6 Å². The monoisotopic (exact) mass is 298 g/mol. The van der Waals surface area contributed by atoms with Crippen LogP contribution in [0.3, 0.4) is 0 Å². The Labute approximate surface area is 113 Å². The second kappa shape index (κ2) is 5.92. The van der Waals surface area contributed by atoms with Crippen molar-refractivity contribution in [2.45, 2.75) is 32.0 Å². The lowest BCUT2D eigenvalue weighted by Gasteiger charge is -2.22. The van der Waals surface area contributed by atoms with Crippen LogP contribution in [-0.2, 0) is 10.9 Å². The third-order valence-electron chi connectivity index (χ3n) is 2.47. The van der Waals surface area contributed by atoms with Gasteiger partial charge in [0.15, 0.2) is 5.69 Å². The predicted octanol–water partition coefficient (Wildman–Crippen LogP) is 3.34. The Morgan fingerprint density at radius 2 is 1.89 bits per heavy atom. The Morgan fingerprint density at radius 1 is 1.26 bits per heavy atom. The average Bonchev–Trinajstić information content (AvgIpc) is 2.27. The van der Waals surface area contributed by atoms with Crippen LogP contribution in [0.2, 0.25) is 5.28 Å². The van der Waals surface area contributed by atoms with Crippen LogP contribution < -0.4 is 4.74 Å². The molecule has 1 aromatic heterocycles.